The molecule has 0 aromatic heterocycles. The Morgan fingerprint density at radius 1 is 1.00 bits per heavy atom. The summed E-state index contributed by atoms with van der Waals surface area (Å²) in [5.74, 6) is -3.42. The van der Waals surface area contributed by atoms with Crippen LogP contribution in [0.5, 0.6) is 0 Å². The number of hydrogen-bond donors (Lipinski definition) is 4. The first-order valence-corrected chi connectivity index (χ1v) is 4.30. The lowest BCUT2D eigenvalue weighted by molar-refractivity contribution is -0.139. The van der Waals surface area contributed by atoms with Crippen LogP contribution in [0.1, 0.15) is 13.8 Å². The monoisotopic (exact) mass is 233 g/mol. The third kappa shape index (κ3) is 12.1. The molecule has 0 fully saturated rings. The van der Waals surface area contributed by atoms with Gasteiger partial charge in [0, 0.05) is 12.2 Å². The molecule has 0 aliphatic carbocycles. The molecule has 0 bridgehead atoms. The van der Waals surface area contributed by atoms with Crippen molar-refractivity contribution in [2.75, 3.05) is 0 Å². The second-order valence-corrected chi connectivity index (χ2v) is 3.12. The second-order valence-electron chi connectivity index (χ2n) is 3.12. The molecule has 0 aromatic rings. The molecule has 1 atom stereocenters. The van der Waals surface area contributed by atoms with Gasteiger partial charge in [-0.15, -0.1) is 0 Å². The summed E-state index contributed by atoms with van der Waals surface area (Å²) in [5.41, 5.74) is 5.16. The topological polar surface area (TPSA) is 138 Å². The summed E-state index contributed by atoms with van der Waals surface area (Å²) in [6.07, 6.45) is 1.12. The summed E-state index contributed by atoms with van der Waals surface area (Å²) >= 11 is 0. The van der Waals surface area contributed by atoms with E-state index in [9.17, 15) is 14.4 Å². The zero-order valence-electron chi connectivity index (χ0n) is 8.95. The maximum absolute atomic E-state index is 10.0. The standard InChI is InChI=1S/C5H11NO2.C4H4O4/c1-3(2)4(6)5(7)8;5-3(6)1-2-4(7)8/h3-4H,6H2,1-2H3,(H,7,8);1-2H,(H,5,6)(H,7,8)/b;2-1-. The van der Waals surface area contributed by atoms with Gasteiger partial charge in [-0.1, -0.05) is 13.8 Å². The minimum absolute atomic E-state index is 0.0208. The van der Waals surface area contributed by atoms with Gasteiger partial charge < -0.3 is 21.1 Å². The van der Waals surface area contributed by atoms with Crippen LogP contribution in [0.4, 0.5) is 0 Å². The SMILES string of the molecule is CC(C)C(N)C(=O)O.O=C(O)/C=C\C(=O)O. The Hall–Kier alpha value is -1.89. The second kappa shape index (κ2) is 8.42. The van der Waals surface area contributed by atoms with E-state index < -0.39 is 23.9 Å². The predicted octanol–water partition coefficient (Wildman–Crippen LogP) is -0.234. The van der Waals surface area contributed by atoms with E-state index in [0.717, 1.165) is 0 Å². The molecule has 0 amide bonds. The Balaban J connectivity index is 0. The maximum atomic E-state index is 10.0. The molecule has 0 aromatic carbocycles. The van der Waals surface area contributed by atoms with E-state index in [2.05, 4.69) is 0 Å². The summed E-state index contributed by atoms with van der Waals surface area (Å²) < 4.78 is 0. The van der Waals surface area contributed by atoms with Crippen LogP contribution in [-0.2, 0) is 14.4 Å². The van der Waals surface area contributed by atoms with Crippen LogP contribution >= 0.6 is 0 Å². The highest BCUT2D eigenvalue weighted by Crippen LogP contribution is 1.96. The molecular formula is C9H15NO6. The Morgan fingerprint density at radius 3 is 1.38 bits per heavy atom. The van der Waals surface area contributed by atoms with Crippen molar-refractivity contribution in [3.63, 3.8) is 0 Å². The highest BCUT2D eigenvalue weighted by atomic mass is 16.4. The van der Waals surface area contributed by atoms with Gasteiger partial charge in [0.15, 0.2) is 0 Å². The molecule has 0 spiro atoms. The van der Waals surface area contributed by atoms with Crippen molar-refractivity contribution >= 4 is 17.9 Å². The van der Waals surface area contributed by atoms with Gasteiger partial charge >= 0.3 is 17.9 Å². The first-order chi connectivity index (χ1) is 7.18. The van der Waals surface area contributed by atoms with Crippen LogP contribution in [0.3, 0.4) is 0 Å². The lowest BCUT2D eigenvalue weighted by Gasteiger charge is -2.07. The predicted molar refractivity (Wildman–Crippen MR) is 54.9 cm³/mol. The quantitative estimate of drug-likeness (QED) is 0.492. The van der Waals surface area contributed by atoms with Gasteiger partial charge in [0.25, 0.3) is 0 Å². The fraction of sp³-hybridized carbons (Fsp3) is 0.444. The van der Waals surface area contributed by atoms with Crippen molar-refractivity contribution in [3.05, 3.63) is 12.2 Å². The number of nitrogens with two attached hydrogens (primary N) is 1. The molecule has 0 rings (SSSR count). The summed E-state index contributed by atoms with van der Waals surface area (Å²) in [5, 5.41) is 23.9. The van der Waals surface area contributed by atoms with Crippen molar-refractivity contribution in [1.82, 2.24) is 0 Å². The van der Waals surface area contributed by atoms with Gasteiger partial charge in [-0.25, -0.2) is 9.59 Å². The lowest BCUT2D eigenvalue weighted by atomic mass is 10.1. The van der Waals surface area contributed by atoms with Crippen molar-refractivity contribution in [3.8, 4) is 0 Å². The van der Waals surface area contributed by atoms with Gasteiger partial charge in [-0.2, -0.15) is 0 Å². The summed E-state index contributed by atoms with van der Waals surface area (Å²) in [6, 6.07) is -0.713. The fourth-order valence-corrected chi connectivity index (χ4v) is 0.428. The number of carbonyl (C=O) groups is 3. The zero-order chi connectivity index (χ0) is 13.3. The molecular weight excluding hydrogens is 218 g/mol. The first kappa shape index (κ1) is 16.5. The molecule has 92 valence electrons. The van der Waals surface area contributed by atoms with E-state index in [-0.39, 0.29) is 5.92 Å². The number of carboxylic acid groups (broad SMARTS) is 3. The zero-order valence-corrected chi connectivity index (χ0v) is 8.95. The van der Waals surface area contributed by atoms with Crippen molar-refractivity contribution in [1.29, 1.82) is 0 Å². The normalized spacial score (nSPS) is 11.8. The molecule has 0 heterocycles. The molecule has 7 nitrogen and oxygen atoms in total. The molecule has 0 radical (unpaired) electrons. The highest BCUT2D eigenvalue weighted by Gasteiger charge is 2.14. The van der Waals surface area contributed by atoms with E-state index in [0.29, 0.717) is 12.2 Å². The number of aliphatic carboxylic acids is 3. The third-order valence-electron chi connectivity index (χ3n) is 1.37. The summed E-state index contributed by atoms with van der Waals surface area (Å²) in [7, 11) is 0. The Kier molecular flexibility index (Phi) is 8.70. The fourth-order valence-electron chi connectivity index (χ4n) is 0.428. The number of hydrogen-bond acceptors (Lipinski definition) is 4. The van der Waals surface area contributed by atoms with Crippen LogP contribution in [-0.4, -0.2) is 39.3 Å². The minimum atomic E-state index is -1.26. The molecule has 0 aliphatic heterocycles. The molecule has 0 aliphatic rings. The molecule has 7 heteroatoms. The minimum Gasteiger partial charge on any atom is -0.480 e. The highest BCUT2D eigenvalue weighted by molar-refractivity contribution is 5.89. The van der Waals surface area contributed by atoms with E-state index in [4.69, 9.17) is 21.1 Å². The van der Waals surface area contributed by atoms with Crippen LogP contribution in [0.15, 0.2) is 12.2 Å². The van der Waals surface area contributed by atoms with E-state index >= 15 is 0 Å². The van der Waals surface area contributed by atoms with Gasteiger partial charge in [0.05, 0.1) is 0 Å². The molecule has 0 saturated carbocycles. The van der Waals surface area contributed by atoms with Crippen molar-refractivity contribution in [2.45, 2.75) is 19.9 Å². The number of rotatable bonds is 4. The largest absolute Gasteiger partial charge is 0.480 e. The Labute approximate surface area is 92.2 Å². The van der Waals surface area contributed by atoms with E-state index in [1.165, 1.54) is 0 Å². The van der Waals surface area contributed by atoms with Gasteiger partial charge in [0.2, 0.25) is 0 Å². The molecule has 1 unspecified atom stereocenters. The average molecular weight is 233 g/mol. The summed E-state index contributed by atoms with van der Waals surface area (Å²) in [6.45, 7) is 3.55. The molecule has 5 N–H and O–H groups in total. The van der Waals surface area contributed by atoms with Crippen LogP contribution in [0.2, 0.25) is 0 Å². The molecule has 16 heavy (non-hydrogen) atoms. The Morgan fingerprint density at radius 2 is 1.31 bits per heavy atom. The maximum Gasteiger partial charge on any atom is 0.328 e. The van der Waals surface area contributed by atoms with Crippen molar-refractivity contribution in [2.24, 2.45) is 11.7 Å². The van der Waals surface area contributed by atoms with Gasteiger partial charge in [-0.05, 0) is 5.92 Å². The van der Waals surface area contributed by atoms with Crippen LogP contribution < -0.4 is 5.73 Å². The first-order valence-electron chi connectivity index (χ1n) is 4.30. The van der Waals surface area contributed by atoms with Gasteiger partial charge in [-0.3, -0.25) is 4.79 Å². The number of carboxylic acids is 3. The van der Waals surface area contributed by atoms with E-state index in [1.54, 1.807) is 13.8 Å². The van der Waals surface area contributed by atoms with E-state index in [1.807, 2.05) is 0 Å². The van der Waals surface area contributed by atoms with Crippen LogP contribution in [0, 0.1) is 5.92 Å². The third-order valence-corrected chi connectivity index (χ3v) is 1.37. The Bertz CT molecular complexity index is 268. The smallest absolute Gasteiger partial charge is 0.328 e. The van der Waals surface area contributed by atoms with Crippen molar-refractivity contribution < 1.29 is 29.7 Å². The van der Waals surface area contributed by atoms with Gasteiger partial charge in [0.1, 0.15) is 6.04 Å². The summed E-state index contributed by atoms with van der Waals surface area (Å²) in [4.78, 5) is 29.1. The average Bonchev–Trinajstić information content (AvgIpc) is 2.14. The van der Waals surface area contributed by atoms with Crippen LogP contribution in [0.25, 0.3) is 0 Å². The lowest BCUT2D eigenvalue weighted by Crippen LogP contribution is -2.34. The molecule has 0 saturated heterocycles.